The van der Waals surface area contributed by atoms with Crippen molar-refractivity contribution in [1.29, 1.82) is 5.26 Å². The number of ether oxygens (including phenoxy) is 2. The smallest absolute Gasteiger partial charge is 0.344 e. The summed E-state index contributed by atoms with van der Waals surface area (Å²) >= 11 is 14.2. The summed E-state index contributed by atoms with van der Waals surface area (Å²) in [7, 11) is 0. The Labute approximate surface area is 203 Å². The fourth-order valence-corrected chi connectivity index (χ4v) is 5.61. The largest absolute Gasteiger partial charge is 0.479 e. The van der Waals surface area contributed by atoms with E-state index < -0.39 is 5.97 Å². The summed E-state index contributed by atoms with van der Waals surface area (Å²) < 4.78 is 10.2. The van der Waals surface area contributed by atoms with Crippen molar-refractivity contribution in [2.75, 3.05) is 13.2 Å². The van der Waals surface area contributed by atoms with Gasteiger partial charge in [-0.25, -0.2) is 9.79 Å². The molecule has 1 aliphatic carbocycles. The number of fused-ring (bicyclic) bond motifs is 1. The van der Waals surface area contributed by atoms with Gasteiger partial charge in [-0.3, -0.25) is 0 Å². The lowest BCUT2D eigenvalue weighted by Crippen LogP contribution is -2.26. The average Bonchev–Trinajstić information content (AvgIpc) is 3.08. The number of hydrogen-bond donors (Lipinski definition) is 0. The first kappa shape index (κ1) is 24.6. The molecule has 0 aliphatic heterocycles. The van der Waals surface area contributed by atoms with Crippen molar-refractivity contribution in [2.45, 2.75) is 47.0 Å². The zero-order valence-electron chi connectivity index (χ0n) is 18.6. The van der Waals surface area contributed by atoms with Crippen LogP contribution in [0.25, 0.3) is 0 Å². The summed E-state index contributed by atoms with van der Waals surface area (Å²) in [6.07, 6.45) is 4.63. The summed E-state index contributed by atoms with van der Waals surface area (Å²) in [5, 5.41) is 11.0. The van der Waals surface area contributed by atoms with Gasteiger partial charge in [-0.15, -0.1) is 11.3 Å². The van der Waals surface area contributed by atoms with Crippen molar-refractivity contribution < 1.29 is 14.3 Å². The zero-order chi connectivity index (χ0) is 23.5. The van der Waals surface area contributed by atoms with E-state index in [1.165, 1.54) is 4.88 Å². The molecule has 0 amide bonds. The Morgan fingerprint density at radius 1 is 1.34 bits per heavy atom. The molecular formula is C24H26Cl2N2O3S. The van der Waals surface area contributed by atoms with Gasteiger partial charge in [0, 0.05) is 11.1 Å². The van der Waals surface area contributed by atoms with Crippen LogP contribution in [0.3, 0.4) is 0 Å². The van der Waals surface area contributed by atoms with Crippen LogP contribution in [0.1, 0.15) is 55.7 Å². The second-order valence-electron chi connectivity index (χ2n) is 8.77. The van der Waals surface area contributed by atoms with Crippen molar-refractivity contribution >= 4 is 51.7 Å². The van der Waals surface area contributed by atoms with E-state index in [4.69, 9.17) is 32.7 Å². The molecule has 5 nitrogen and oxygen atoms in total. The van der Waals surface area contributed by atoms with E-state index >= 15 is 0 Å². The van der Waals surface area contributed by atoms with Gasteiger partial charge in [0.25, 0.3) is 0 Å². The number of thiophene rings is 1. The van der Waals surface area contributed by atoms with Crippen molar-refractivity contribution in [3.63, 3.8) is 0 Å². The molecule has 1 aromatic carbocycles. The molecule has 32 heavy (non-hydrogen) atoms. The Morgan fingerprint density at radius 2 is 2.03 bits per heavy atom. The number of aliphatic imine (C=N–C) groups is 1. The van der Waals surface area contributed by atoms with E-state index in [1.807, 2.05) is 0 Å². The lowest BCUT2D eigenvalue weighted by atomic mass is 9.72. The second kappa shape index (κ2) is 10.2. The third kappa shape index (κ3) is 5.64. The van der Waals surface area contributed by atoms with E-state index in [0.717, 1.165) is 24.8 Å². The van der Waals surface area contributed by atoms with Crippen molar-refractivity contribution in [1.82, 2.24) is 0 Å². The van der Waals surface area contributed by atoms with Crippen LogP contribution in [0.4, 0.5) is 5.00 Å². The second-order valence-corrected chi connectivity index (χ2v) is 10.7. The number of benzene rings is 1. The number of esters is 1. The van der Waals surface area contributed by atoms with Crippen LogP contribution >= 0.6 is 34.5 Å². The number of carbonyl (C=O) groups is 1. The quantitative estimate of drug-likeness (QED) is 0.329. The molecule has 0 saturated carbocycles. The summed E-state index contributed by atoms with van der Waals surface area (Å²) in [5.41, 5.74) is 2.72. The predicted molar refractivity (Wildman–Crippen MR) is 130 cm³/mol. The molecule has 0 N–H and O–H groups in total. The van der Waals surface area contributed by atoms with E-state index in [1.54, 1.807) is 36.6 Å². The Balaban J connectivity index is 1.80. The van der Waals surface area contributed by atoms with Crippen LogP contribution in [-0.4, -0.2) is 25.4 Å². The van der Waals surface area contributed by atoms with E-state index in [9.17, 15) is 10.1 Å². The number of carbonyl (C=O) groups excluding carboxylic acids is 1. The van der Waals surface area contributed by atoms with Gasteiger partial charge < -0.3 is 9.47 Å². The predicted octanol–water partition coefficient (Wildman–Crippen LogP) is 6.77. The molecule has 3 rings (SSSR count). The molecule has 0 bridgehead atoms. The fraction of sp³-hybridized carbons (Fsp3) is 0.458. The fourth-order valence-electron chi connectivity index (χ4n) is 3.78. The molecule has 8 heteroatoms. The lowest BCUT2D eigenvalue weighted by molar-refractivity contribution is -0.145. The van der Waals surface area contributed by atoms with Gasteiger partial charge in [0.2, 0.25) is 0 Å². The molecule has 1 aromatic heterocycles. The standard InChI is InChI=1S/C24H26Cl2N2O3S/c1-5-30-21(29)13-31-22-18(25)8-14(9-19(22)26)12-28-23-17(11-27)16-7-6-15(24(2,3)4)10-20(16)32-23/h8-9,12,15H,5-7,10,13H2,1-4H3/t15-/m1/s1. The van der Waals surface area contributed by atoms with E-state index in [2.05, 4.69) is 31.8 Å². The lowest BCUT2D eigenvalue weighted by Gasteiger charge is -2.33. The summed E-state index contributed by atoms with van der Waals surface area (Å²) in [6, 6.07) is 5.66. The number of nitriles is 1. The average molecular weight is 493 g/mol. The first-order chi connectivity index (χ1) is 15.1. The molecular weight excluding hydrogens is 467 g/mol. The number of nitrogens with zero attached hydrogens (tertiary/aromatic N) is 2. The highest BCUT2D eigenvalue weighted by atomic mass is 35.5. The van der Waals surface area contributed by atoms with Gasteiger partial charge in [0.05, 0.1) is 22.2 Å². The molecule has 2 aromatic rings. The van der Waals surface area contributed by atoms with Gasteiger partial charge in [0.1, 0.15) is 11.1 Å². The number of halogens is 2. The van der Waals surface area contributed by atoms with Crippen LogP contribution in [0.5, 0.6) is 5.75 Å². The first-order valence-electron chi connectivity index (χ1n) is 10.5. The molecule has 0 spiro atoms. The highest BCUT2D eigenvalue weighted by Gasteiger charge is 2.32. The Hall–Kier alpha value is -2.07. The minimum atomic E-state index is -0.496. The highest BCUT2D eigenvalue weighted by molar-refractivity contribution is 7.16. The molecule has 0 radical (unpaired) electrons. The van der Waals surface area contributed by atoms with Gasteiger partial charge >= 0.3 is 5.97 Å². The Morgan fingerprint density at radius 3 is 2.62 bits per heavy atom. The van der Waals surface area contributed by atoms with Crippen LogP contribution in [-0.2, 0) is 22.4 Å². The molecule has 1 aliphatic rings. The van der Waals surface area contributed by atoms with Gasteiger partial charge in [-0.1, -0.05) is 44.0 Å². The molecule has 1 atom stereocenters. The number of rotatable bonds is 6. The molecule has 1 heterocycles. The van der Waals surface area contributed by atoms with Crippen LogP contribution < -0.4 is 4.74 Å². The first-order valence-corrected chi connectivity index (χ1v) is 12.1. The normalized spacial score (nSPS) is 16.0. The van der Waals surface area contributed by atoms with Crippen LogP contribution in [0, 0.1) is 22.7 Å². The monoisotopic (exact) mass is 492 g/mol. The molecule has 170 valence electrons. The summed E-state index contributed by atoms with van der Waals surface area (Å²) in [6.45, 7) is 8.53. The molecule has 0 unspecified atom stereocenters. The number of hydrogen-bond acceptors (Lipinski definition) is 6. The van der Waals surface area contributed by atoms with Gasteiger partial charge in [-0.05, 0) is 60.8 Å². The summed E-state index contributed by atoms with van der Waals surface area (Å²) in [4.78, 5) is 17.4. The van der Waals surface area contributed by atoms with Gasteiger partial charge in [-0.2, -0.15) is 5.26 Å². The summed E-state index contributed by atoms with van der Waals surface area (Å²) in [5.74, 6) is 0.317. The zero-order valence-corrected chi connectivity index (χ0v) is 21.0. The van der Waals surface area contributed by atoms with E-state index in [0.29, 0.717) is 22.0 Å². The molecule has 0 saturated heterocycles. The SMILES string of the molecule is CCOC(=O)COc1c(Cl)cc(C=Nc2sc3c(c2C#N)CC[C@@H](C(C)(C)C)C3)cc1Cl. The minimum absolute atomic E-state index is 0.219. The maximum atomic E-state index is 11.5. The van der Waals surface area contributed by atoms with Crippen LogP contribution in [0.15, 0.2) is 17.1 Å². The van der Waals surface area contributed by atoms with Gasteiger partial charge in [0.15, 0.2) is 12.4 Å². The topological polar surface area (TPSA) is 71.7 Å². The van der Waals surface area contributed by atoms with E-state index in [-0.39, 0.29) is 34.4 Å². The third-order valence-electron chi connectivity index (χ3n) is 5.57. The maximum Gasteiger partial charge on any atom is 0.344 e. The Kier molecular flexibility index (Phi) is 7.87. The van der Waals surface area contributed by atoms with Crippen LogP contribution in [0.2, 0.25) is 10.0 Å². The van der Waals surface area contributed by atoms with Crippen molar-refractivity contribution in [3.8, 4) is 11.8 Å². The minimum Gasteiger partial charge on any atom is -0.479 e. The van der Waals surface area contributed by atoms with Crippen molar-refractivity contribution in [2.24, 2.45) is 16.3 Å². The molecule has 0 fully saturated rings. The Bertz CT molecular complexity index is 1060. The maximum absolute atomic E-state index is 11.5. The third-order valence-corrected chi connectivity index (χ3v) is 7.30. The highest BCUT2D eigenvalue weighted by Crippen LogP contribution is 2.45. The van der Waals surface area contributed by atoms with Crippen molar-refractivity contribution in [3.05, 3.63) is 43.7 Å².